The molecule has 1 aromatic carbocycles. The maximum atomic E-state index is 5.78. The van der Waals surface area contributed by atoms with Gasteiger partial charge in [0, 0.05) is 28.6 Å². The fourth-order valence-electron chi connectivity index (χ4n) is 1.74. The lowest BCUT2D eigenvalue weighted by Gasteiger charge is -2.04. The van der Waals surface area contributed by atoms with Gasteiger partial charge in [0.15, 0.2) is 4.34 Å². The van der Waals surface area contributed by atoms with Gasteiger partial charge in [-0.05, 0) is 35.8 Å². The fourth-order valence-corrected chi connectivity index (χ4v) is 3.53. The lowest BCUT2D eigenvalue weighted by atomic mass is 10.2. The van der Waals surface area contributed by atoms with Gasteiger partial charge in [-0.1, -0.05) is 18.7 Å². The Bertz CT molecular complexity index is 723. The Morgan fingerprint density at radius 2 is 2.21 bits per heavy atom. The SMILES string of the molecule is CCc1nsc(Sc2ccnc3cc(N)ccc23)n1. The van der Waals surface area contributed by atoms with Crippen LogP contribution in [0.3, 0.4) is 0 Å². The first-order chi connectivity index (χ1) is 9.26. The molecule has 2 heterocycles. The van der Waals surface area contributed by atoms with Gasteiger partial charge < -0.3 is 5.73 Å². The Hall–Kier alpha value is -1.66. The summed E-state index contributed by atoms with van der Waals surface area (Å²) in [5, 5.41) is 1.09. The Morgan fingerprint density at radius 1 is 1.32 bits per heavy atom. The van der Waals surface area contributed by atoms with Crippen molar-refractivity contribution in [2.75, 3.05) is 5.73 Å². The number of fused-ring (bicyclic) bond motifs is 1. The Morgan fingerprint density at radius 3 is 3.00 bits per heavy atom. The second-order valence-electron chi connectivity index (χ2n) is 4.02. The molecule has 0 fully saturated rings. The van der Waals surface area contributed by atoms with Gasteiger partial charge in [-0.15, -0.1) is 0 Å². The van der Waals surface area contributed by atoms with Crippen molar-refractivity contribution in [2.24, 2.45) is 0 Å². The molecule has 2 N–H and O–H groups in total. The Labute approximate surface area is 119 Å². The van der Waals surface area contributed by atoms with Gasteiger partial charge in [-0.3, -0.25) is 4.98 Å². The number of hydrogen-bond donors (Lipinski definition) is 1. The molecule has 3 aromatic rings. The van der Waals surface area contributed by atoms with Crippen LogP contribution in [0.4, 0.5) is 5.69 Å². The van der Waals surface area contributed by atoms with E-state index in [4.69, 9.17) is 5.73 Å². The molecule has 4 nitrogen and oxygen atoms in total. The molecular formula is C13H12N4S2. The number of nitrogens with two attached hydrogens (primary N) is 1. The van der Waals surface area contributed by atoms with Crippen molar-refractivity contribution in [3.8, 4) is 0 Å². The molecular weight excluding hydrogens is 276 g/mol. The van der Waals surface area contributed by atoms with E-state index < -0.39 is 0 Å². The van der Waals surface area contributed by atoms with E-state index in [0.717, 1.165) is 38.1 Å². The molecule has 0 saturated heterocycles. The molecule has 0 atom stereocenters. The van der Waals surface area contributed by atoms with Crippen LogP contribution in [0, 0.1) is 0 Å². The largest absolute Gasteiger partial charge is 0.399 e. The third-order valence-corrected chi connectivity index (χ3v) is 4.55. The maximum absolute atomic E-state index is 5.78. The summed E-state index contributed by atoms with van der Waals surface area (Å²) in [4.78, 5) is 9.94. The third-order valence-electron chi connectivity index (χ3n) is 2.69. The molecule has 0 unspecified atom stereocenters. The summed E-state index contributed by atoms with van der Waals surface area (Å²) in [6.07, 6.45) is 2.66. The average molecular weight is 288 g/mol. The number of pyridine rings is 1. The third kappa shape index (κ3) is 2.54. The second-order valence-corrected chi connectivity index (χ2v) is 6.06. The number of nitrogen functional groups attached to an aromatic ring is 1. The van der Waals surface area contributed by atoms with Crippen LogP contribution in [0.2, 0.25) is 0 Å². The molecule has 0 aliphatic carbocycles. The highest BCUT2D eigenvalue weighted by atomic mass is 32.2. The van der Waals surface area contributed by atoms with E-state index in [1.807, 2.05) is 24.3 Å². The van der Waals surface area contributed by atoms with Crippen molar-refractivity contribution in [1.29, 1.82) is 0 Å². The quantitative estimate of drug-likeness (QED) is 0.748. The zero-order valence-corrected chi connectivity index (χ0v) is 12.0. The van der Waals surface area contributed by atoms with Crippen molar-refractivity contribution in [2.45, 2.75) is 22.6 Å². The predicted octanol–water partition coefficient (Wildman–Crippen LogP) is 3.38. The monoisotopic (exact) mass is 288 g/mol. The zero-order chi connectivity index (χ0) is 13.2. The van der Waals surface area contributed by atoms with Crippen LogP contribution in [-0.4, -0.2) is 14.3 Å². The summed E-state index contributed by atoms with van der Waals surface area (Å²) < 4.78 is 5.26. The topological polar surface area (TPSA) is 64.7 Å². The van der Waals surface area contributed by atoms with Crippen LogP contribution >= 0.6 is 23.3 Å². The molecule has 96 valence electrons. The van der Waals surface area contributed by atoms with Crippen LogP contribution in [0.1, 0.15) is 12.7 Å². The normalized spacial score (nSPS) is 11.0. The summed E-state index contributed by atoms with van der Waals surface area (Å²) >= 11 is 3.06. The first kappa shape index (κ1) is 12.4. The van der Waals surface area contributed by atoms with Crippen LogP contribution in [-0.2, 0) is 6.42 Å². The number of aryl methyl sites for hydroxylation is 1. The van der Waals surface area contributed by atoms with E-state index in [1.54, 1.807) is 18.0 Å². The fraction of sp³-hybridized carbons (Fsp3) is 0.154. The number of hydrogen-bond acceptors (Lipinski definition) is 6. The van der Waals surface area contributed by atoms with Gasteiger partial charge in [-0.25, -0.2) is 4.98 Å². The molecule has 6 heteroatoms. The molecule has 0 bridgehead atoms. The van der Waals surface area contributed by atoms with Crippen LogP contribution in [0.5, 0.6) is 0 Å². The molecule has 0 aliphatic heterocycles. The highest BCUT2D eigenvalue weighted by Gasteiger charge is 2.08. The molecule has 0 aliphatic rings. The molecule has 19 heavy (non-hydrogen) atoms. The number of aromatic nitrogens is 3. The summed E-state index contributed by atoms with van der Waals surface area (Å²) in [6.45, 7) is 2.06. The van der Waals surface area contributed by atoms with Gasteiger partial charge in [-0.2, -0.15) is 4.37 Å². The summed E-state index contributed by atoms with van der Waals surface area (Å²) in [7, 11) is 0. The Balaban J connectivity index is 2.00. The van der Waals surface area contributed by atoms with E-state index in [9.17, 15) is 0 Å². The van der Waals surface area contributed by atoms with Crippen molar-refractivity contribution < 1.29 is 0 Å². The Kier molecular flexibility index (Phi) is 3.35. The van der Waals surface area contributed by atoms with Gasteiger partial charge in [0.25, 0.3) is 0 Å². The minimum absolute atomic E-state index is 0.728. The number of rotatable bonds is 3. The first-order valence-electron chi connectivity index (χ1n) is 5.91. The van der Waals surface area contributed by atoms with Gasteiger partial charge in [0.2, 0.25) is 0 Å². The van der Waals surface area contributed by atoms with E-state index in [0.29, 0.717) is 0 Å². The van der Waals surface area contributed by atoms with Crippen LogP contribution in [0.25, 0.3) is 10.9 Å². The highest BCUT2D eigenvalue weighted by Crippen LogP contribution is 2.34. The molecule has 0 saturated carbocycles. The predicted molar refractivity (Wildman–Crippen MR) is 79.6 cm³/mol. The van der Waals surface area contributed by atoms with Gasteiger partial charge in [0.1, 0.15) is 5.82 Å². The highest BCUT2D eigenvalue weighted by molar-refractivity contribution is 8.01. The first-order valence-corrected chi connectivity index (χ1v) is 7.50. The van der Waals surface area contributed by atoms with Crippen molar-refractivity contribution in [1.82, 2.24) is 14.3 Å². The van der Waals surface area contributed by atoms with Crippen LogP contribution < -0.4 is 5.73 Å². The van der Waals surface area contributed by atoms with Gasteiger partial charge >= 0.3 is 0 Å². The summed E-state index contributed by atoms with van der Waals surface area (Å²) in [5.74, 6) is 0.898. The van der Waals surface area contributed by atoms with Crippen LogP contribution in [0.15, 0.2) is 39.7 Å². The smallest absolute Gasteiger partial charge is 0.174 e. The van der Waals surface area contributed by atoms with Gasteiger partial charge in [0.05, 0.1) is 5.52 Å². The lowest BCUT2D eigenvalue weighted by molar-refractivity contribution is 0.972. The van der Waals surface area contributed by atoms with Crippen molar-refractivity contribution >= 4 is 39.9 Å². The van der Waals surface area contributed by atoms with E-state index in [-0.39, 0.29) is 0 Å². The summed E-state index contributed by atoms with van der Waals surface area (Å²) in [5.41, 5.74) is 7.42. The van der Waals surface area contributed by atoms with E-state index in [2.05, 4.69) is 21.3 Å². The lowest BCUT2D eigenvalue weighted by Crippen LogP contribution is -1.87. The molecule has 2 aromatic heterocycles. The van der Waals surface area contributed by atoms with E-state index >= 15 is 0 Å². The maximum Gasteiger partial charge on any atom is 0.174 e. The van der Waals surface area contributed by atoms with E-state index in [1.165, 1.54) is 11.5 Å². The second kappa shape index (κ2) is 5.14. The number of anilines is 1. The minimum Gasteiger partial charge on any atom is -0.399 e. The average Bonchev–Trinajstić information content (AvgIpc) is 2.86. The summed E-state index contributed by atoms with van der Waals surface area (Å²) in [6, 6.07) is 7.78. The van der Waals surface area contributed by atoms with Crippen molar-refractivity contribution in [3.05, 3.63) is 36.3 Å². The number of benzene rings is 1. The zero-order valence-electron chi connectivity index (χ0n) is 10.3. The number of nitrogens with zero attached hydrogens (tertiary/aromatic N) is 3. The molecule has 0 amide bonds. The minimum atomic E-state index is 0.728. The molecule has 0 radical (unpaired) electrons. The molecule has 3 rings (SSSR count). The standard InChI is InChI=1S/C13H12N4S2/c1-2-12-16-13(19-17-12)18-11-5-6-15-10-7-8(14)3-4-9(10)11/h3-7H,2,14H2,1H3. The molecule has 0 spiro atoms. The van der Waals surface area contributed by atoms with Crippen molar-refractivity contribution in [3.63, 3.8) is 0 Å².